The third-order valence-electron chi connectivity index (χ3n) is 7.92. The van der Waals surface area contributed by atoms with Gasteiger partial charge in [-0.3, -0.25) is 4.79 Å². The van der Waals surface area contributed by atoms with E-state index in [0.29, 0.717) is 42.6 Å². The van der Waals surface area contributed by atoms with E-state index in [2.05, 4.69) is 0 Å². The van der Waals surface area contributed by atoms with Crippen molar-refractivity contribution in [3.63, 3.8) is 0 Å². The molecule has 0 saturated carbocycles. The van der Waals surface area contributed by atoms with Gasteiger partial charge in [-0.25, -0.2) is 0 Å². The van der Waals surface area contributed by atoms with Crippen molar-refractivity contribution in [2.75, 3.05) is 6.61 Å². The van der Waals surface area contributed by atoms with Crippen LogP contribution in [0.2, 0.25) is 0 Å². The molecule has 4 nitrogen and oxygen atoms in total. The zero-order chi connectivity index (χ0) is 29.2. The summed E-state index contributed by atoms with van der Waals surface area (Å²) < 4.78 is 89.7. The Morgan fingerprint density at radius 1 is 0.923 bits per heavy atom. The molecule has 0 aromatic heterocycles. The average Bonchev–Trinajstić information content (AvgIpc) is 3.27. The SMILES string of the molecule is CCC(CC)(c1ccc(CCC(O)(C(F)(F)F)C(F)(F)F)c(C)c1)c1ccc(OC[C@@H]2CCC(=O)O2)c(C)c1. The molecule has 1 saturated heterocycles. The first-order valence-corrected chi connectivity index (χ1v) is 13.0. The highest BCUT2D eigenvalue weighted by Crippen LogP contribution is 2.46. The van der Waals surface area contributed by atoms with Crippen molar-refractivity contribution in [2.24, 2.45) is 0 Å². The minimum atomic E-state index is -5.84. The Morgan fingerprint density at radius 3 is 1.95 bits per heavy atom. The number of benzene rings is 2. The molecule has 2 aromatic carbocycles. The van der Waals surface area contributed by atoms with Gasteiger partial charge in [0.05, 0.1) is 0 Å². The first-order chi connectivity index (χ1) is 18.1. The van der Waals surface area contributed by atoms with Crippen LogP contribution < -0.4 is 4.74 Å². The minimum absolute atomic E-state index is 0.232. The molecule has 216 valence electrons. The van der Waals surface area contributed by atoms with E-state index < -0.39 is 36.2 Å². The Labute approximate surface area is 224 Å². The zero-order valence-corrected chi connectivity index (χ0v) is 22.4. The first-order valence-electron chi connectivity index (χ1n) is 13.0. The fourth-order valence-electron chi connectivity index (χ4n) is 5.26. The van der Waals surface area contributed by atoms with Gasteiger partial charge in [0.1, 0.15) is 18.5 Å². The summed E-state index contributed by atoms with van der Waals surface area (Å²) >= 11 is 0. The number of aryl methyl sites for hydroxylation is 3. The molecule has 1 aliphatic heterocycles. The predicted molar refractivity (Wildman–Crippen MR) is 134 cm³/mol. The van der Waals surface area contributed by atoms with Crippen molar-refractivity contribution in [3.05, 3.63) is 64.2 Å². The molecule has 2 aromatic rings. The van der Waals surface area contributed by atoms with Crippen LogP contribution in [0.15, 0.2) is 36.4 Å². The fourth-order valence-corrected chi connectivity index (χ4v) is 5.26. The quantitative estimate of drug-likeness (QED) is 0.245. The Hall–Kier alpha value is -2.75. The molecular weight excluding hydrogens is 526 g/mol. The molecule has 0 unspecified atom stereocenters. The normalized spacial score (nSPS) is 16.9. The van der Waals surface area contributed by atoms with Crippen LogP contribution in [-0.2, 0) is 21.4 Å². The van der Waals surface area contributed by atoms with Crippen LogP contribution in [0.5, 0.6) is 5.75 Å². The summed E-state index contributed by atoms with van der Waals surface area (Å²) in [4.78, 5) is 11.3. The molecule has 3 rings (SSSR count). The lowest BCUT2D eigenvalue weighted by molar-refractivity contribution is -0.369. The number of hydrogen-bond acceptors (Lipinski definition) is 4. The van der Waals surface area contributed by atoms with Gasteiger partial charge in [0.15, 0.2) is 0 Å². The summed E-state index contributed by atoms with van der Waals surface area (Å²) in [5.41, 5.74) is -1.60. The monoisotopic (exact) mass is 560 g/mol. The molecule has 1 N–H and O–H groups in total. The maximum Gasteiger partial charge on any atom is 0.426 e. The molecule has 10 heteroatoms. The Kier molecular flexibility index (Phi) is 8.99. The van der Waals surface area contributed by atoms with Gasteiger partial charge in [0, 0.05) is 11.8 Å². The van der Waals surface area contributed by atoms with Crippen molar-refractivity contribution in [1.82, 2.24) is 0 Å². The molecule has 1 heterocycles. The van der Waals surface area contributed by atoms with Crippen LogP contribution in [-0.4, -0.2) is 41.7 Å². The van der Waals surface area contributed by atoms with E-state index in [1.165, 1.54) is 0 Å². The average molecular weight is 561 g/mol. The molecule has 1 aliphatic rings. The van der Waals surface area contributed by atoms with Crippen LogP contribution in [0.4, 0.5) is 26.3 Å². The van der Waals surface area contributed by atoms with Crippen molar-refractivity contribution >= 4 is 5.97 Å². The number of esters is 1. The van der Waals surface area contributed by atoms with Gasteiger partial charge in [0.2, 0.25) is 0 Å². The number of alkyl halides is 6. The van der Waals surface area contributed by atoms with Gasteiger partial charge in [0.25, 0.3) is 5.60 Å². The van der Waals surface area contributed by atoms with Crippen LogP contribution in [0, 0.1) is 13.8 Å². The standard InChI is InChI=1S/C29H34F6O4/c1-5-26(6-2,22-9-11-24(19(4)16-22)38-17-23-10-12-25(36)39-23)21-8-7-20(18(3)15-21)13-14-27(37,28(30,31)32)29(33,34)35/h7-9,11,15-16,23,37H,5-6,10,12-14,17H2,1-4H3/t23-/m0/s1. The summed E-state index contributed by atoms with van der Waals surface area (Å²) in [6, 6.07) is 10.9. The van der Waals surface area contributed by atoms with Crippen molar-refractivity contribution in [1.29, 1.82) is 0 Å². The molecular formula is C29H34F6O4. The van der Waals surface area contributed by atoms with E-state index in [1.807, 2.05) is 39.0 Å². The lowest BCUT2D eigenvalue weighted by Crippen LogP contribution is -2.57. The third kappa shape index (κ3) is 6.21. The molecule has 39 heavy (non-hydrogen) atoms. The summed E-state index contributed by atoms with van der Waals surface area (Å²) in [5, 5.41) is 9.52. The summed E-state index contributed by atoms with van der Waals surface area (Å²) in [6.07, 6.45) is -11.7. The van der Waals surface area contributed by atoms with Crippen LogP contribution >= 0.6 is 0 Å². The van der Waals surface area contributed by atoms with Crippen LogP contribution in [0.3, 0.4) is 0 Å². The van der Waals surface area contributed by atoms with Gasteiger partial charge < -0.3 is 14.6 Å². The van der Waals surface area contributed by atoms with Gasteiger partial charge >= 0.3 is 18.3 Å². The Balaban J connectivity index is 1.84. The number of hydrogen-bond donors (Lipinski definition) is 1. The van der Waals surface area contributed by atoms with E-state index in [0.717, 1.165) is 16.7 Å². The fraction of sp³-hybridized carbons (Fsp3) is 0.552. The second-order valence-electron chi connectivity index (χ2n) is 10.2. The number of ether oxygens (including phenoxy) is 2. The van der Waals surface area contributed by atoms with Gasteiger partial charge in [-0.1, -0.05) is 44.2 Å². The number of cyclic esters (lactones) is 1. The van der Waals surface area contributed by atoms with Crippen LogP contribution in [0.25, 0.3) is 0 Å². The highest BCUT2D eigenvalue weighted by atomic mass is 19.4. The number of halogens is 6. The summed E-state index contributed by atoms with van der Waals surface area (Å²) in [5.74, 6) is 0.431. The minimum Gasteiger partial charge on any atom is -0.489 e. The highest BCUT2D eigenvalue weighted by molar-refractivity contribution is 5.71. The maximum atomic E-state index is 13.1. The lowest BCUT2D eigenvalue weighted by Gasteiger charge is -2.35. The smallest absolute Gasteiger partial charge is 0.426 e. The number of carbonyl (C=O) groups excluding carboxylic acids is 1. The second kappa shape index (κ2) is 11.4. The highest BCUT2D eigenvalue weighted by Gasteiger charge is 2.69. The van der Waals surface area contributed by atoms with E-state index in [-0.39, 0.29) is 18.7 Å². The van der Waals surface area contributed by atoms with E-state index in [9.17, 15) is 36.2 Å². The number of rotatable bonds is 10. The van der Waals surface area contributed by atoms with E-state index >= 15 is 0 Å². The molecule has 0 bridgehead atoms. The molecule has 1 fully saturated rings. The Bertz CT molecular complexity index is 1150. The summed E-state index contributed by atoms with van der Waals surface area (Å²) in [6.45, 7) is 7.86. The van der Waals surface area contributed by atoms with Crippen LogP contribution in [0.1, 0.15) is 73.8 Å². The van der Waals surface area contributed by atoms with Gasteiger partial charge in [-0.15, -0.1) is 0 Å². The number of aliphatic hydroxyl groups is 1. The van der Waals surface area contributed by atoms with Gasteiger partial charge in [-0.05, 0) is 79.8 Å². The first kappa shape index (κ1) is 30.8. The zero-order valence-electron chi connectivity index (χ0n) is 22.4. The molecule has 0 amide bonds. The maximum absolute atomic E-state index is 13.1. The van der Waals surface area contributed by atoms with Gasteiger partial charge in [-0.2, -0.15) is 26.3 Å². The Morgan fingerprint density at radius 2 is 1.49 bits per heavy atom. The van der Waals surface area contributed by atoms with Crippen molar-refractivity contribution in [3.8, 4) is 5.75 Å². The lowest BCUT2D eigenvalue weighted by atomic mass is 9.69. The summed E-state index contributed by atoms with van der Waals surface area (Å²) in [7, 11) is 0. The topological polar surface area (TPSA) is 55.8 Å². The predicted octanol–water partition coefficient (Wildman–Crippen LogP) is 7.28. The molecule has 1 atom stereocenters. The molecule has 0 aliphatic carbocycles. The van der Waals surface area contributed by atoms with E-state index in [1.54, 1.807) is 25.1 Å². The molecule has 0 spiro atoms. The van der Waals surface area contributed by atoms with E-state index in [4.69, 9.17) is 9.47 Å². The third-order valence-corrected chi connectivity index (χ3v) is 7.92. The molecule has 0 radical (unpaired) electrons. The number of carbonyl (C=O) groups is 1. The van der Waals surface area contributed by atoms with Crippen molar-refractivity contribution in [2.45, 2.75) is 95.7 Å². The largest absolute Gasteiger partial charge is 0.489 e. The van der Waals surface area contributed by atoms with Crippen molar-refractivity contribution < 1.29 is 45.7 Å². The second-order valence-corrected chi connectivity index (χ2v) is 10.2.